The number of likely N-dealkylation sites (tertiary alicyclic amines) is 1. The van der Waals surface area contributed by atoms with Crippen LogP contribution in [-0.4, -0.2) is 59.4 Å². The van der Waals surface area contributed by atoms with Crippen molar-refractivity contribution in [2.75, 3.05) is 26.7 Å². The number of aryl methyl sites for hydroxylation is 2. The van der Waals surface area contributed by atoms with Crippen LogP contribution in [0.15, 0.2) is 4.99 Å². The lowest BCUT2D eigenvalue weighted by molar-refractivity contribution is 0.157. The summed E-state index contributed by atoms with van der Waals surface area (Å²) in [5.74, 6) is 0.897. The molecular formula is C19H36N6. The number of aromatic nitrogens is 2. The highest BCUT2D eigenvalue weighted by atomic mass is 15.3. The fourth-order valence-electron chi connectivity index (χ4n) is 3.82. The third-order valence-corrected chi connectivity index (χ3v) is 5.44. The molecule has 142 valence electrons. The third-order valence-electron chi connectivity index (χ3n) is 5.44. The van der Waals surface area contributed by atoms with Crippen molar-refractivity contribution in [1.82, 2.24) is 25.3 Å². The van der Waals surface area contributed by atoms with Gasteiger partial charge in [0.1, 0.15) is 0 Å². The molecule has 1 aliphatic rings. The van der Waals surface area contributed by atoms with E-state index in [0.717, 1.165) is 31.2 Å². The summed E-state index contributed by atoms with van der Waals surface area (Å²) in [6.07, 6.45) is 4.90. The molecule has 0 saturated carbocycles. The molecule has 2 unspecified atom stereocenters. The monoisotopic (exact) mass is 348 g/mol. The predicted octanol–water partition coefficient (Wildman–Crippen LogP) is 2.01. The Morgan fingerprint density at radius 3 is 2.72 bits per heavy atom. The summed E-state index contributed by atoms with van der Waals surface area (Å²) < 4.78 is 1.97. The quantitative estimate of drug-likeness (QED) is 0.610. The Labute approximate surface area is 153 Å². The average molecular weight is 349 g/mol. The van der Waals surface area contributed by atoms with Gasteiger partial charge in [-0.3, -0.25) is 14.6 Å². The van der Waals surface area contributed by atoms with Crippen molar-refractivity contribution in [3.63, 3.8) is 0 Å². The van der Waals surface area contributed by atoms with E-state index in [1.54, 1.807) is 0 Å². The SMILES string of the molecule is CCN1CCCCC1CNC(=NC)NC(C)Cc1c(C)nn(C)c1C. The van der Waals surface area contributed by atoms with Crippen molar-refractivity contribution in [3.8, 4) is 0 Å². The molecule has 2 atom stereocenters. The summed E-state index contributed by atoms with van der Waals surface area (Å²) >= 11 is 0. The molecule has 0 radical (unpaired) electrons. The Hall–Kier alpha value is -1.56. The van der Waals surface area contributed by atoms with Crippen molar-refractivity contribution >= 4 is 5.96 Å². The fourth-order valence-corrected chi connectivity index (χ4v) is 3.82. The van der Waals surface area contributed by atoms with Crippen LogP contribution in [0.5, 0.6) is 0 Å². The number of hydrogen-bond acceptors (Lipinski definition) is 3. The third kappa shape index (κ3) is 5.21. The largest absolute Gasteiger partial charge is 0.355 e. The number of nitrogens with one attached hydrogen (secondary N) is 2. The molecule has 0 aromatic carbocycles. The normalized spacial score (nSPS) is 20.6. The van der Waals surface area contributed by atoms with Crippen molar-refractivity contribution in [1.29, 1.82) is 0 Å². The van der Waals surface area contributed by atoms with E-state index in [1.165, 1.54) is 37.1 Å². The van der Waals surface area contributed by atoms with Crippen LogP contribution in [0.1, 0.15) is 50.1 Å². The van der Waals surface area contributed by atoms with E-state index < -0.39 is 0 Å². The minimum atomic E-state index is 0.307. The van der Waals surface area contributed by atoms with Gasteiger partial charge in [0.15, 0.2) is 5.96 Å². The Kier molecular flexibility index (Phi) is 7.29. The van der Waals surface area contributed by atoms with Gasteiger partial charge >= 0.3 is 0 Å². The van der Waals surface area contributed by atoms with E-state index >= 15 is 0 Å². The summed E-state index contributed by atoms with van der Waals surface area (Å²) in [5, 5.41) is 11.6. The van der Waals surface area contributed by atoms with Crippen molar-refractivity contribution < 1.29 is 0 Å². The van der Waals surface area contributed by atoms with Crippen LogP contribution in [0.2, 0.25) is 0 Å². The number of hydrogen-bond donors (Lipinski definition) is 2. The number of nitrogens with zero attached hydrogens (tertiary/aromatic N) is 4. The van der Waals surface area contributed by atoms with Crippen LogP contribution in [0.3, 0.4) is 0 Å². The van der Waals surface area contributed by atoms with Gasteiger partial charge in [0, 0.05) is 38.4 Å². The van der Waals surface area contributed by atoms with Gasteiger partial charge in [-0.15, -0.1) is 0 Å². The van der Waals surface area contributed by atoms with Crippen LogP contribution in [0.4, 0.5) is 0 Å². The maximum Gasteiger partial charge on any atom is 0.191 e. The standard InChI is InChI=1S/C19H36N6/c1-7-25-11-9-8-10-17(25)13-21-19(20-5)22-14(2)12-18-15(3)23-24(6)16(18)4/h14,17H,7-13H2,1-6H3,(H2,20,21,22). The Morgan fingerprint density at radius 2 is 2.12 bits per heavy atom. The van der Waals surface area contributed by atoms with Crippen molar-refractivity contribution in [2.45, 2.75) is 65.5 Å². The van der Waals surface area contributed by atoms with E-state index in [2.05, 4.69) is 53.3 Å². The van der Waals surface area contributed by atoms with E-state index in [0.29, 0.717) is 12.1 Å². The van der Waals surface area contributed by atoms with Crippen LogP contribution in [0.25, 0.3) is 0 Å². The lowest BCUT2D eigenvalue weighted by atomic mass is 10.0. The summed E-state index contributed by atoms with van der Waals surface area (Å²) in [5.41, 5.74) is 3.70. The summed E-state index contributed by atoms with van der Waals surface area (Å²) in [7, 11) is 3.86. The second-order valence-electron chi connectivity index (χ2n) is 7.25. The predicted molar refractivity (Wildman–Crippen MR) is 105 cm³/mol. The molecule has 2 rings (SSSR count). The summed E-state index contributed by atoms with van der Waals surface area (Å²) in [4.78, 5) is 6.99. The number of rotatable bonds is 6. The average Bonchev–Trinajstić information content (AvgIpc) is 2.85. The molecule has 0 bridgehead atoms. The van der Waals surface area contributed by atoms with Gasteiger partial charge in [-0.2, -0.15) is 5.10 Å². The van der Waals surface area contributed by atoms with Crippen molar-refractivity contribution in [3.05, 3.63) is 17.0 Å². The number of aliphatic imine (C=N–C) groups is 1. The van der Waals surface area contributed by atoms with Gasteiger partial charge in [0.05, 0.1) is 5.69 Å². The molecule has 1 aromatic rings. The van der Waals surface area contributed by atoms with E-state index in [9.17, 15) is 0 Å². The highest BCUT2D eigenvalue weighted by Crippen LogP contribution is 2.16. The zero-order valence-corrected chi connectivity index (χ0v) is 16.9. The van der Waals surface area contributed by atoms with Gasteiger partial charge in [-0.25, -0.2) is 0 Å². The van der Waals surface area contributed by atoms with Gasteiger partial charge in [0.2, 0.25) is 0 Å². The second kappa shape index (κ2) is 9.22. The van der Waals surface area contributed by atoms with E-state index in [-0.39, 0.29) is 0 Å². The molecule has 2 N–H and O–H groups in total. The van der Waals surface area contributed by atoms with Crippen molar-refractivity contribution in [2.24, 2.45) is 12.0 Å². The number of likely N-dealkylation sites (N-methyl/N-ethyl adjacent to an activating group) is 1. The zero-order valence-electron chi connectivity index (χ0n) is 16.9. The first-order valence-corrected chi connectivity index (χ1v) is 9.66. The van der Waals surface area contributed by atoms with E-state index in [4.69, 9.17) is 0 Å². The molecule has 6 nitrogen and oxygen atoms in total. The zero-order chi connectivity index (χ0) is 18.4. The first-order chi connectivity index (χ1) is 12.0. The minimum Gasteiger partial charge on any atom is -0.355 e. The van der Waals surface area contributed by atoms with Crippen LogP contribution < -0.4 is 10.6 Å². The topological polar surface area (TPSA) is 57.5 Å². The highest BCUT2D eigenvalue weighted by Gasteiger charge is 2.21. The Balaban J connectivity index is 1.86. The molecule has 6 heteroatoms. The number of piperidine rings is 1. The second-order valence-corrected chi connectivity index (χ2v) is 7.25. The molecule has 25 heavy (non-hydrogen) atoms. The molecule has 1 aromatic heterocycles. The summed E-state index contributed by atoms with van der Waals surface area (Å²) in [6.45, 7) is 12.0. The van der Waals surface area contributed by atoms with Gasteiger partial charge in [-0.05, 0) is 58.7 Å². The highest BCUT2D eigenvalue weighted by molar-refractivity contribution is 5.80. The van der Waals surface area contributed by atoms with E-state index in [1.807, 2.05) is 18.8 Å². The van der Waals surface area contributed by atoms with Crippen LogP contribution in [-0.2, 0) is 13.5 Å². The van der Waals surface area contributed by atoms with Gasteiger partial charge in [-0.1, -0.05) is 13.3 Å². The lowest BCUT2D eigenvalue weighted by Gasteiger charge is -2.35. The maximum absolute atomic E-state index is 4.52. The Bertz CT molecular complexity index is 577. The first-order valence-electron chi connectivity index (χ1n) is 9.66. The van der Waals surface area contributed by atoms with Crippen LogP contribution >= 0.6 is 0 Å². The Morgan fingerprint density at radius 1 is 1.36 bits per heavy atom. The smallest absolute Gasteiger partial charge is 0.191 e. The molecule has 0 aliphatic carbocycles. The fraction of sp³-hybridized carbons (Fsp3) is 0.789. The molecule has 1 aliphatic heterocycles. The maximum atomic E-state index is 4.52. The number of guanidine groups is 1. The molecular weight excluding hydrogens is 312 g/mol. The van der Waals surface area contributed by atoms with Gasteiger partial charge in [0.25, 0.3) is 0 Å². The lowest BCUT2D eigenvalue weighted by Crippen LogP contribution is -2.50. The van der Waals surface area contributed by atoms with Gasteiger partial charge < -0.3 is 10.6 Å². The van der Waals surface area contributed by atoms with Crippen LogP contribution in [0, 0.1) is 13.8 Å². The molecule has 1 saturated heterocycles. The summed E-state index contributed by atoms with van der Waals surface area (Å²) in [6, 6.07) is 0.928. The minimum absolute atomic E-state index is 0.307. The molecule has 1 fully saturated rings. The molecule has 0 amide bonds. The molecule has 2 heterocycles. The molecule has 0 spiro atoms. The first kappa shape index (κ1) is 19.8.